The van der Waals surface area contributed by atoms with Gasteiger partial charge in [-0.05, 0) is 31.2 Å². The molecule has 0 spiro atoms. The summed E-state index contributed by atoms with van der Waals surface area (Å²) in [6.45, 7) is 2.22. The lowest BCUT2D eigenvalue weighted by molar-refractivity contribution is -0.115. The molecule has 1 unspecified atom stereocenters. The van der Waals surface area contributed by atoms with Gasteiger partial charge in [-0.15, -0.1) is 11.3 Å². The largest absolute Gasteiger partial charge is 0.325 e. The molecule has 0 saturated heterocycles. The number of anilines is 1. The topological polar surface area (TPSA) is 54.0 Å². The molecule has 1 aromatic carbocycles. The summed E-state index contributed by atoms with van der Waals surface area (Å²) in [5.41, 5.74) is 0.734. The zero-order valence-electron chi connectivity index (χ0n) is 10.4. The summed E-state index contributed by atoms with van der Waals surface area (Å²) in [5, 5.41) is 9.46. The van der Waals surface area contributed by atoms with Crippen LogP contribution >= 0.6 is 22.9 Å². The van der Waals surface area contributed by atoms with E-state index in [0.717, 1.165) is 10.7 Å². The third-order valence-corrected chi connectivity index (χ3v) is 3.73. The lowest BCUT2D eigenvalue weighted by Crippen LogP contribution is -2.30. The third kappa shape index (κ3) is 4.31. The molecular weight excluding hydrogens is 282 g/mol. The van der Waals surface area contributed by atoms with Crippen LogP contribution in [0.4, 0.5) is 5.69 Å². The number of nitrogens with zero attached hydrogens (tertiary/aromatic N) is 1. The molecule has 19 heavy (non-hydrogen) atoms. The Morgan fingerprint density at radius 1 is 1.42 bits per heavy atom. The number of benzene rings is 1. The number of nitrogens with one attached hydrogen (secondary N) is 2. The molecule has 1 heterocycles. The standard InChI is InChI=1S/C13H14ClN3OS/c1-9(13-15-6-7-19-13)16-8-12(18)17-11-4-2-10(14)3-5-11/h2-7,9,16H,8H2,1H3,(H,17,18). The maximum Gasteiger partial charge on any atom is 0.238 e. The molecule has 100 valence electrons. The van der Waals surface area contributed by atoms with Gasteiger partial charge in [0.1, 0.15) is 5.01 Å². The fourth-order valence-electron chi connectivity index (χ4n) is 1.52. The molecule has 4 nitrogen and oxygen atoms in total. The van der Waals surface area contributed by atoms with E-state index >= 15 is 0 Å². The number of carbonyl (C=O) groups excluding carboxylic acids is 1. The molecular formula is C13H14ClN3OS. The minimum Gasteiger partial charge on any atom is -0.325 e. The molecule has 0 radical (unpaired) electrons. The minimum absolute atomic E-state index is 0.0657. The fourth-order valence-corrected chi connectivity index (χ4v) is 2.32. The molecule has 0 bridgehead atoms. The quantitative estimate of drug-likeness (QED) is 0.891. The van der Waals surface area contributed by atoms with Crippen LogP contribution in [-0.4, -0.2) is 17.4 Å². The zero-order chi connectivity index (χ0) is 13.7. The van der Waals surface area contributed by atoms with Crippen molar-refractivity contribution in [2.75, 3.05) is 11.9 Å². The van der Waals surface area contributed by atoms with Crippen molar-refractivity contribution in [2.24, 2.45) is 0 Å². The number of amides is 1. The molecule has 2 rings (SSSR count). The Morgan fingerprint density at radius 2 is 2.16 bits per heavy atom. The van der Waals surface area contributed by atoms with Gasteiger partial charge in [0, 0.05) is 22.3 Å². The molecule has 0 aliphatic carbocycles. The van der Waals surface area contributed by atoms with Crippen molar-refractivity contribution >= 4 is 34.5 Å². The number of thiazole rings is 1. The van der Waals surface area contributed by atoms with E-state index in [4.69, 9.17) is 11.6 Å². The van der Waals surface area contributed by atoms with Gasteiger partial charge in [-0.1, -0.05) is 11.6 Å². The molecule has 0 saturated carbocycles. The average molecular weight is 296 g/mol. The first-order chi connectivity index (χ1) is 9.15. The molecule has 2 N–H and O–H groups in total. The lowest BCUT2D eigenvalue weighted by Gasteiger charge is -2.11. The average Bonchev–Trinajstić information content (AvgIpc) is 2.93. The van der Waals surface area contributed by atoms with E-state index in [1.807, 2.05) is 12.3 Å². The monoisotopic (exact) mass is 295 g/mol. The summed E-state index contributed by atoms with van der Waals surface area (Å²) < 4.78 is 0. The van der Waals surface area contributed by atoms with Gasteiger partial charge in [0.25, 0.3) is 0 Å². The van der Waals surface area contributed by atoms with Crippen LogP contribution in [0.3, 0.4) is 0 Å². The Kier molecular flexibility index (Phi) is 4.90. The van der Waals surface area contributed by atoms with E-state index in [9.17, 15) is 4.79 Å². The van der Waals surface area contributed by atoms with Crippen molar-refractivity contribution in [2.45, 2.75) is 13.0 Å². The van der Waals surface area contributed by atoms with Crippen LogP contribution < -0.4 is 10.6 Å². The van der Waals surface area contributed by atoms with Gasteiger partial charge in [-0.2, -0.15) is 0 Å². The Labute approximate surface area is 120 Å². The highest BCUT2D eigenvalue weighted by Gasteiger charge is 2.09. The summed E-state index contributed by atoms with van der Waals surface area (Å²) in [4.78, 5) is 15.9. The molecule has 0 fully saturated rings. The van der Waals surface area contributed by atoms with Gasteiger partial charge in [0.2, 0.25) is 5.91 Å². The summed E-state index contributed by atoms with van der Waals surface area (Å²) in [6.07, 6.45) is 1.76. The smallest absolute Gasteiger partial charge is 0.238 e. The van der Waals surface area contributed by atoms with Gasteiger partial charge in [0.05, 0.1) is 12.6 Å². The highest BCUT2D eigenvalue weighted by molar-refractivity contribution is 7.09. The van der Waals surface area contributed by atoms with E-state index in [1.165, 1.54) is 0 Å². The molecule has 1 aromatic heterocycles. The van der Waals surface area contributed by atoms with Crippen LogP contribution in [0.1, 0.15) is 18.0 Å². The SMILES string of the molecule is CC(NCC(=O)Nc1ccc(Cl)cc1)c1nccs1. The predicted octanol–water partition coefficient (Wildman–Crippen LogP) is 3.09. The summed E-state index contributed by atoms with van der Waals surface area (Å²) in [5.74, 6) is -0.0919. The highest BCUT2D eigenvalue weighted by atomic mass is 35.5. The summed E-state index contributed by atoms with van der Waals surface area (Å²) in [6, 6.07) is 7.08. The molecule has 1 atom stereocenters. The second-order valence-electron chi connectivity index (χ2n) is 4.03. The van der Waals surface area contributed by atoms with E-state index in [2.05, 4.69) is 15.6 Å². The number of carbonyl (C=O) groups is 1. The van der Waals surface area contributed by atoms with Crippen LogP contribution in [0.15, 0.2) is 35.8 Å². The molecule has 1 amide bonds. The van der Waals surface area contributed by atoms with Crippen LogP contribution in [-0.2, 0) is 4.79 Å². The van der Waals surface area contributed by atoms with E-state index in [0.29, 0.717) is 5.02 Å². The third-order valence-electron chi connectivity index (χ3n) is 2.52. The first-order valence-corrected chi connectivity index (χ1v) is 7.09. The van der Waals surface area contributed by atoms with Crippen molar-refractivity contribution in [3.63, 3.8) is 0 Å². The lowest BCUT2D eigenvalue weighted by atomic mass is 10.3. The summed E-state index contributed by atoms with van der Waals surface area (Å²) >= 11 is 7.35. The van der Waals surface area contributed by atoms with Gasteiger partial charge in [-0.3, -0.25) is 10.1 Å². The number of rotatable bonds is 5. The Morgan fingerprint density at radius 3 is 2.79 bits per heavy atom. The van der Waals surface area contributed by atoms with Crippen molar-refractivity contribution < 1.29 is 4.79 Å². The van der Waals surface area contributed by atoms with Crippen molar-refractivity contribution in [3.8, 4) is 0 Å². The maximum absolute atomic E-state index is 11.7. The van der Waals surface area contributed by atoms with Crippen LogP contribution in [0.25, 0.3) is 0 Å². The molecule has 0 aliphatic rings. The molecule has 0 aliphatic heterocycles. The first-order valence-electron chi connectivity index (χ1n) is 5.83. The summed E-state index contributed by atoms with van der Waals surface area (Å²) in [7, 11) is 0. The first kappa shape index (κ1) is 14.0. The van der Waals surface area contributed by atoms with Crippen molar-refractivity contribution in [3.05, 3.63) is 45.9 Å². The Hall–Kier alpha value is -1.43. The van der Waals surface area contributed by atoms with E-state index in [-0.39, 0.29) is 18.5 Å². The number of halogens is 1. The number of aromatic nitrogens is 1. The van der Waals surface area contributed by atoms with Gasteiger partial charge >= 0.3 is 0 Å². The van der Waals surface area contributed by atoms with Crippen LogP contribution in [0.2, 0.25) is 5.02 Å². The van der Waals surface area contributed by atoms with Gasteiger partial charge < -0.3 is 5.32 Å². The minimum atomic E-state index is -0.0919. The molecule has 6 heteroatoms. The van der Waals surface area contributed by atoms with E-state index in [1.54, 1.807) is 41.8 Å². The van der Waals surface area contributed by atoms with Crippen molar-refractivity contribution in [1.82, 2.24) is 10.3 Å². The van der Waals surface area contributed by atoms with Crippen LogP contribution in [0.5, 0.6) is 0 Å². The van der Waals surface area contributed by atoms with Crippen molar-refractivity contribution in [1.29, 1.82) is 0 Å². The van der Waals surface area contributed by atoms with Crippen LogP contribution in [0, 0.1) is 0 Å². The molecule has 2 aromatic rings. The number of hydrogen-bond acceptors (Lipinski definition) is 4. The predicted molar refractivity (Wildman–Crippen MR) is 78.6 cm³/mol. The van der Waals surface area contributed by atoms with E-state index < -0.39 is 0 Å². The highest BCUT2D eigenvalue weighted by Crippen LogP contribution is 2.15. The second-order valence-corrected chi connectivity index (χ2v) is 5.39. The fraction of sp³-hybridized carbons (Fsp3) is 0.231. The maximum atomic E-state index is 11.7. The van der Waals surface area contributed by atoms with Gasteiger partial charge in [0.15, 0.2) is 0 Å². The number of hydrogen-bond donors (Lipinski definition) is 2. The normalized spacial score (nSPS) is 12.1. The Balaban J connectivity index is 1.80. The Bertz CT molecular complexity index is 527. The second kappa shape index (κ2) is 6.65. The van der Waals surface area contributed by atoms with Gasteiger partial charge in [-0.25, -0.2) is 4.98 Å². The zero-order valence-corrected chi connectivity index (χ0v) is 12.0.